The topological polar surface area (TPSA) is 105 Å². The Morgan fingerprint density at radius 2 is 1.66 bits per heavy atom. The van der Waals surface area contributed by atoms with Gasteiger partial charge in [0, 0.05) is 12.1 Å². The van der Waals surface area contributed by atoms with E-state index in [2.05, 4.69) is 10.9 Å². The fourth-order valence-electron chi connectivity index (χ4n) is 2.25. The first-order valence-electron chi connectivity index (χ1n) is 8.59. The van der Waals surface area contributed by atoms with Gasteiger partial charge in [0.25, 0.3) is 11.8 Å². The van der Waals surface area contributed by atoms with Gasteiger partial charge in [0.15, 0.2) is 6.61 Å². The van der Waals surface area contributed by atoms with Crippen molar-refractivity contribution < 1.29 is 22.7 Å². The Labute approximate surface area is 174 Å². The number of sulfonamides is 1. The van der Waals surface area contributed by atoms with Gasteiger partial charge in [0.1, 0.15) is 5.75 Å². The first-order chi connectivity index (χ1) is 13.6. The highest BCUT2D eigenvalue weighted by atomic mass is 35.5. The first kappa shape index (κ1) is 22.7. The van der Waals surface area contributed by atoms with Crippen LogP contribution >= 0.6 is 11.6 Å². The second-order valence-corrected chi connectivity index (χ2v) is 8.82. The minimum absolute atomic E-state index is 0.0779. The van der Waals surface area contributed by atoms with Crippen LogP contribution < -0.4 is 15.6 Å². The second-order valence-electron chi connectivity index (χ2n) is 6.37. The van der Waals surface area contributed by atoms with Gasteiger partial charge in [0.2, 0.25) is 10.0 Å². The highest BCUT2D eigenvalue weighted by Gasteiger charge is 2.23. The highest BCUT2D eigenvalue weighted by molar-refractivity contribution is 7.89. The summed E-state index contributed by atoms with van der Waals surface area (Å²) in [7, 11) is -2.54. The zero-order chi connectivity index (χ0) is 21.6. The molecule has 0 atom stereocenters. The largest absolute Gasteiger partial charge is 0.484 e. The summed E-state index contributed by atoms with van der Waals surface area (Å²) in [5, 5.41) is 0.582. The number of amides is 2. The van der Waals surface area contributed by atoms with Gasteiger partial charge in [-0.25, -0.2) is 8.42 Å². The predicted octanol–water partition coefficient (Wildman–Crippen LogP) is 1.80. The molecule has 0 aliphatic carbocycles. The van der Waals surface area contributed by atoms with Crippen molar-refractivity contribution in [2.45, 2.75) is 18.7 Å². The van der Waals surface area contributed by atoms with Gasteiger partial charge in [-0.2, -0.15) is 4.31 Å². The molecule has 2 aromatic carbocycles. The molecule has 0 saturated carbocycles. The van der Waals surface area contributed by atoms with Crippen molar-refractivity contribution in [3.8, 4) is 5.75 Å². The Balaban J connectivity index is 1.81. The van der Waals surface area contributed by atoms with Crippen molar-refractivity contribution in [2.24, 2.45) is 0 Å². The van der Waals surface area contributed by atoms with E-state index in [-0.39, 0.29) is 11.5 Å². The van der Waals surface area contributed by atoms with Crippen LogP contribution in [0.4, 0.5) is 0 Å². The summed E-state index contributed by atoms with van der Waals surface area (Å²) < 4.78 is 31.1. The molecule has 2 aromatic rings. The molecule has 2 rings (SSSR count). The summed E-state index contributed by atoms with van der Waals surface area (Å²) in [6.45, 7) is 2.84. The number of nitrogens with one attached hydrogen (secondary N) is 2. The number of rotatable bonds is 7. The lowest BCUT2D eigenvalue weighted by molar-refractivity contribution is -0.130. The molecule has 156 valence electrons. The third-order valence-electron chi connectivity index (χ3n) is 3.94. The van der Waals surface area contributed by atoms with Crippen molar-refractivity contribution >= 4 is 33.4 Å². The van der Waals surface area contributed by atoms with Gasteiger partial charge in [-0.15, -0.1) is 0 Å². The van der Waals surface area contributed by atoms with Gasteiger partial charge in [-0.05, 0) is 49.7 Å². The Hall–Kier alpha value is -2.62. The number of hydrazine groups is 1. The van der Waals surface area contributed by atoms with Crippen molar-refractivity contribution in [1.82, 2.24) is 15.2 Å². The fourth-order valence-corrected chi connectivity index (χ4v) is 3.49. The van der Waals surface area contributed by atoms with Crippen LogP contribution in [0.1, 0.15) is 11.1 Å². The standard InChI is InChI=1S/C19H22ClN3O5S/c1-13-4-7-16(8-5-13)29(26,27)23(3)11-18(24)21-22-19(25)12-28-15-6-9-17(20)14(2)10-15/h4-10H,11-12H2,1-3H3,(H,21,24)(H,22,25). The molecule has 0 aliphatic heterocycles. The lowest BCUT2D eigenvalue weighted by Gasteiger charge is -2.17. The van der Waals surface area contributed by atoms with Gasteiger partial charge in [0.05, 0.1) is 11.4 Å². The number of nitrogens with zero attached hydrogens (tertiary/aromatic N) is 1. The molecular weight excluding hydrogens is 418 g/mol. The maximum atomic E-state index is 12.5. The Bertz CT molecular complexity index is 993. The average molecular weight is 440 g/mol. The van der Waals surface area contributed by atoms with E-state index in [1.165, 1.54) is 19.2 Å². The van der Waals surface area contributed by atoms with E-state index in [9.17, 15) is 18.0 Å². The van der Waals surface area contributed by atoms with Crippen molar-refractivity contribution in [2.75, 3.05) is 20.2 Å². The number of benzene rings is 2. The molecule has 2 N–H and O–H groups in total. The number of hydrogen-bond donors (Lipinski definition) is 2. The number of carbonyl (C=O) groups excluding carboxylic acids is 2. The Morgan fingerprint density at radius 3 is 2.28 bits per heavy atom. The molecule has 0 aromatic heterocycles. The van der Waals surface area contributed by atoms with Crippen LogP contribution in [0, 0.1) is 13.8 Å². The molecule has 0 radical (unpaired) electrons. The lowest BCUT2D eigenvalue weighted by atomic mass is 10.2. The average Bonchev–Trinajstić information content (AvgIpc) is 2.67. The van der Waals surface area contributed by atoms with Crippen LogP contribution in [-0.4, -0.2) is 44.7 Å². The Kier molecular flexibility index (Phi) is 7.60. The Morgan fingerprint density at radius 1 is 1.03 bits per heavy atom. The lowest BCUT2D eigenvalue weighted by Crippen LogP contribution is -2.48. The van der Waals surface area contributed by atoms with Crippen LogP contribution in [0.3, 0.4) is 0 Å². The normalized spacial score (nSPS) is 11.2. The molecule has 0 fully saturated rings. The monoisotopic (exact) mass is 439 g/mol. The van der Waals surface area contributed by atoms with Crippen molar-refractivity contribution in [3.63, 3.8) is 0 Å². The van der Waals surface area contributed by atoms with Gasteiger partial charge in [-0.1, -0.05) is 29.3 Å². The minimum atomic E-state index is -3.82. The minimum Gasteiger partial charge on any atom is -0.484 e. The fraction of sp³-hybridized carbons (Fsp3) is 0.263. The quantitative estimate of drug-likeness (QED) is 0.640. The molecule has 0 spiro atoms. The van der Waals surface area contributed by atoms with Crippen LogP contribution in [0.15, 0.2) is 47.4 Å². The smallest absolute Gasteiger partial charge is 0.276 e. The number of carbonyl (C=O) groups is 2. The summed E-state index contributed by atoms with van der Waals surface area (Å²) in [4.78, 5) is 23.8. The van der Waals surface area contributed by atoms with Gasteiger partial charge in [-0.3, -0.25) is 20.4 Å². The van der Waals surface area contributed by atoms with Crippen molar-refractivity contribution in [1.29, 1.82) is 0 Å². The maximum absolute atomic E-state index is 12.5. The number of halogens is 1. The second kappa shape index (κ2) is 9.73. The van der Waals surface area contributed by atoms with E-state index in [1.54, 1.807) is 37.3 Å². The molecule has 2 amide bonds. The van der Waals surface area contributed by atoms with Gasteiger partial charge >= 0.3 is 0 Å². The molecular formula is C19H22ClN3O5S. The molecule has 0 bridgehead atoms. The number of ether oxygens (including phenoxy) is 1. The zero-order valence-electron chi connectivity index (χ0n) is 16.2. The van der Waals surface area contributed by atoms with E-state index >= 15 is 0 Å². The molecule has 0 aliphatic rings. The van der Waals surface area contributed by atoms with Crippen LogP contribution in [0.5, 0.6) is 5.75 Å². The van der Waals surface area contributed by atoms with E-state index < -0.39 is 28.4 Å². The summed E-state index contributed by atoms with van der Waals surface area (Å²) in [5.74, 6) is -0.842. The first-order valence-corrected chi connectivity index (χ1v) is 10.4. The predicted molar refractivity (Wildman–Crippen MR) is 109 cm³/mol. The summed E-state index contributed by atoms with van der Waals surface area (Å²) in [6.07, 6.45) is 0. The summed E-state index contributed by atoms with van der Waals surface area (Å²) >= 11 is 5.92. The molecule has 0 heterocycles. The maximum Gasteiger partial charge on any atom is 0.276 e. The molecule has 10 heteroatoms. The third kappa shape index (κ3) is 6.45. The number of hydrogen-bond acceptors (Lipinski definition) is 5. The van der Waals surface area contributed by atoms with Crippen LogP contribution in [0.2, 0.25) is 5.02 Å². The molecule has 0 unspecified atom stereocenters. The molecule has 29 heavy (non-hydrogen) atoms. The van der Waals surface area contributed by atoms with E-state index in [4.69, 9.17) is 16.3 Å². The van der Waals surface area contributed by atoms with Gasteiger partial charge < -0.3 is 4.74 Å². The SMILES string of the molecule is Cc1ccc(S(=O)(=O)N(C)CC(=O)NNC(=O)COc2ccc(Cl)c(C)c2)cc1. The van der Waals surface area contributed by atoms with E-state index in [0.29, 0.717) is 10.8 Å². The van der Waals surface area contributed by atoms with E-state index in [1.807, 2.05) is 6.92 Å². The molecule has 8 nitrogen and oxygen atoms in total. The van der Waals surface area contributed by atoms with E-state index in [0.717, 1.165) is 15.4 Å². The van der Waals surface area contributed by atoms with Crippen LogP contribution in [-0.2, 0) is 19.6 Å². The highest BCUT2D eigenvalue weighted by Crippen LogP contribution is 2.20. The number of aryl methyl sites for hydroxylation is 2. The third-order valence-corrected chi connectivity index (χ3v) is 6.18. The zero-order valence-corrected chi connectivity index (χ0v) is 17.8. The summed E-state index contributed by atoms with van der Waals surface area (Å²) in [5.41, 5.74) is 6.05. The van der Waals surface area contributed by atoms with Crippen LogP contribution in [0.25, 0.3) is 0 Å². The number of likely N-dealkylation sites (N-methyl/N-ethyl adjacent to an activating group) is 1. The summed E-state index contributed by atoms with van der Waals surface area (Å²) in [6, 6.07) is 11.2. The van der Waals surface area contributed by atoms with Crippen molar-refractivity contribution in [3.05, 3.63) is 58.6 Å². The molecule has 0 saturated heterocycles.